The molecular formula is C13H15N7. The summed E-state index contributed by atoms with van der Waals surface area (Å²) in [6, 6.07) is 3.98. The molecule has 3 rings (SSSR count). The van der Waals surface area contributed by atoms with Crippen molar-refractivity contribution in [3.63, 3.8) is 0 Å². The van der Waals surface area contributed by atoms with Crippen LogP contribution in [0.3, 0.4) is 0 Å². The van der Waals surface area contributed by atoms with Crippen LogP contribution in [0.25, 0.3) is 0 Å². The van der Waals surface area contributed by atoms with Gasteiger partial charge >= 0.3 is 0 Å². The number of rotatable bonds is 3. The van der Waals surface area contributed by atoms with Crippen LogP contribution in [0.2, 0.25) is 0 Å². The Hall–Kier alpha value is -2.46. The van der Waals surface area contributed by atoms with Crippen molar-refractivity contribution in [1.29, 1.82) is 5.26 Å². The van der Waals surface area contributed by atoms with Gasteiger partial charge in [0, 0.05) is 32.4 Å². The quantitative estimate of drug-likeness (QED) is 0.868. The van der Waals surface area contributed by atoms with Crippen LogP contribution in [-0.4, -0.2) is 51.2 Å². The van der Waals surface area contributed by atoms with Crippen molar-refractivity contribution in [3.05, 3.63) is 36.2 Å². The monoisotopic (exact) mass is 269 g/mol. The van der Waals surface area contributed by atoms with E-state index in [-0.39, 0.29) is 0 Å². The summed E-state index contributed by atoms with van der Waals surface area (Å²) in [7, 11) is 0. The molecule has 1 fully saturated rings. The Labute approximate surface area is 116 Å². The zero-order valence-electron chi connectivity index (χ0n) is 11.0. The van der Waals surface area contributed by atoms with E-state index >= 15 is 0 Å². The van der Waals surface area contributed by atoms with Crippen LogP contribution in [0.5, 0.6) is 0 Å². The maximum absolute atomic E-state index is 9.14. The summed E-state index contributed by atoms with van der Waals surface area (Å²) >= 11 is 0. The number of nitriles is 1. The van der Waals surface area contributed by atoms with Gasteiger partial charge in [0.2, 0.25) is 0 Å². The molecule has 0 atom stereocenters. The molecule has 2 aromatic rings. The first-order valence-electron chi connectivity index (χ1n) is 6.52. The molecule has 0 amide bonds. The van der Waals surface area contributed by atoms with Crippen molar-refractivity contribution >= 4 is 5.69 Å². The fourth-order valence-corrected chi connectivity index (χ4v) is 2.40. The number of nitrogens with zero attached hydrogens (tertiary/aromatic N) is 6. The van der Waals surface area contributed by atoms with E-state index in [1.165, 1.54) is 6.33 Å². The molecule has 1 N–H and O–H groups in total. The van der Waals surface area contributed by atoms with Gasteiger partial charge in [0.05, 0.1) is 24.0 Å². The Morgan fingerprint density at radius 3 is 2.85 bits per heavy atom. The highest BCUT2D eigenvalue weighted by Crippen LogP contribution is 2.20. The summed E-state index contributed by atoms with van der Waals surface area (Å²) in [6.45, 7) is 4.41. The number of H-pyrrole nitrogens is 1. The molecule has 102 valence electrons. The summed E-state index contributed by atoms with van der Waals surface area (Å²) in [6.07, 6.45) is 4.95. The lowest BCUT2D eigenvalue weighted by Crippen LogP contribution is -2.46. The van der Waals surface area contributed by atoms with Crippen molar-refractivity contribution in [2.45, 2.75) is 6.54 Å². The minimum Gasteiger partial charge on any atom is -0.367 e. The average molecular weight is 269 g/mol. The third-order valence-corrected chi connectivity index (χ3v) is 3.47. The number of anilines is 1. The van der Waals surface area contributed by atoms with Crippen molar-refractivity contribution in [2.75, 3.05) is 31.1 Å². The van der Waals surface area contributed by atoms with Gasteiger partial charge in [-0.25, -0.2) is 4.98 Å². The van der Waals surface area contributed by atoms with Gasteiger partial charge in [-0.05, 0) is 6.07 Å². The molecule has 7 nitrogen and oxygen atoms in total. The molecule has 20 heavy (non-hydrogen) atoms. The Morgan fingerprint density at radius 2 is 2.15 bits per heavy atom. The van der Waals surface area contributed by atoms with Gasteiger partial charge in [-0.15, -0.1) is 0 Å². The smallest absolute Gasteiger partial charge is 0.138 e. The van der Waals surface area contributed by atoms with E-state index in [0.29, 0.717) is 5.56 Å². The number of piperazine rings is 1. The molecule has 2 aromatic heterocycles. The second-order valence-electron chi connectivity index (χ2n) is 4.70. The van der Waals surface area contributed by atoms with Crippen LogP contribution in [0.15, 0.2) is 24.8 Å². The minimum absolute atomic E-state index is 0.684. The van der Waals surface area contributed by atoms with Crippen LogP contribution in [0, 0.1) is 11.3 Å². The Bertz CT molecular complexity index is 593. The molecule has 3 heterocycles. The fraction of sp³-hybridized carbons (Fsp3) is 0.385. The molecule has 0 radical (unpaired) electrons. The molecule has 0 bridgehead atoms. The Kier molecular flexibility index (Phi) is 3.56. The van der Waals surface area contributed by atoms with E-state index in [0.717, 1.165) is 44.2 Å². The highest BCUT2D eigenvalue weighted by Gasteiger charge is 2.19. The number of hydrogen-bond acceptors (Lipinski definition) is 6. The van der Waals surface area contributed by atoms with Gasteiger partial charge in [0.1, 0.15) is 18.2 Å². The Morgan fingerprint density at radius 1 is 1.30 bits per heavy atom. The molecule has 0 aliphatic carbocycles. The van der Waals surface area contributed by atoms with E-state index in [2.05, 4.69) is 36.0 Å². The van der Waals surface area contributed by atoms with Crippen LogP contribution in [0.4, 0.5) is 5.69 Å². The molecular weight excluding hydrogens is 254 g/mol. The number of nitrogens with one attached hydrogen (secondary N) is 1. The highest BCUT2D eigenvalue weighted by molar-refractivity contribution is 5.57. The third-order valence-electron chi connectivity index (χ3n) is 3.47. The number of hydrogen-bond donors (Lipinski definition) is 1. The largest absolute Gasteiger partial charge is 0.367 e. The second-order valence-corrected chi connectivity index (χ2v) is 4.70. The van der Waals surface area contributed by atoms with Crippen LogP contribution in [0.1, 0.15) is 11.4 Å². The van der Waals surface area contributed by atoms with E-state index in [1.807, 2.05) is 0 Å². The lowest BCUT2D eigenvalue weighted by atomic mass is 10.2. The van der Waals surface area contributed by atoms with Crippen molar-refractivity contribution in [1.82, 2.24) is 25.1 Å². The first kappa shape index (κ1) is 12.6. The summed E-state index contributed by atoms with van der Waals surface area (Å²) in [5.41, 5.74) is 1.61. The van der Waals surface area contributed by atoms with Crippen molar-refractivity contribution < 1.29 is 0 Å². The first-order valence-corrected chi connectivity index (χ1v) is 6.52. The lowest BCUT2D eigenvalue weighted by Gasteiger charge is -2.35. The number of aromatic amines is 1. The standard InChI is InChI=1S/C13H15N7/c14-7-11-1-2-15-8-12(11)20-5-3-19(4-6-20)9-13-16-10-17-18-13/h1-2,8,10H,3-6,9H2,(H,16,17,18). The maximum Gasteiger partial charge on any atom is 0.138 e. The van der Waals surface area contributed by atoms with Gasteiger partial charge in [0.25, 0.3) is 0 Å². The summed E-state index contributed by atoms with van der Waals surface area (Å²) < 4.78 is 0. The van der Waals surface area contributed by atoms with E-state index in [9.17, 15) is 0 Å². The van der Waals surface area contributed by atoms with E-state index < -0.39 is 0 Å². The molecule has 0 spiro atoms. The molecule has 1 aliphatic rings. The van der Waals surface area contributed by atoms with Gasteiger partial charge < -0.3 is 4.90 Å². The number of pyridine rings is 1. The lowest BCUT2D eigenvalue weighted by molar-refractivity contribution is 0.244. The predicted molar refractivity (Wildman–Crippen MR) is 72.8 cm³/mol. The zero-order chi connectivity index (χ0) is 13.8. The van der Waals surface area contributed by atoms with Crippen LogP contribution in [-0.2, 0) is 6.54 Å². The predicted octanol–water partition coefficient (Wildman–Crippen LogP) is 0.394. The van der Waals surface area contributed by atoms with Crippen molar-refractivity contribution in [2.24, 2.45) is 0 Å². The normalized spacial score (nSPS) is 16.1. The van der Waals surface area contributed by atoms with Crippen LogP contribution < -0.4 is 4.90 Å². The van der Waals surface area contributed by atoms with E-state index in [1.54, 1.807) is 18.5 Å². The third kappa shape index (κ3) is 2.60. The van der Waals surface area contributed by atoms with Gasteiger partial charge in [-0.1, -0.05) is 0 Å². The minimum atomic E-state index is 0.684. The van der Waals surface area contributed by atoms with E-state index in [4.69, 9.17) is 5.26 Å². The Balaban J connectivity index is 1.62. The zero-order valence-corrected chi connectivity index (χ0v) is 11.0. The average Bonchev–Trinajstić information content (AvgIpc) is 3.01. The molecule has 1 aliphatic heterocycles. The summed E-state index contributed by atoms with van der Waals surface area (Å²) in [4.78, 5) is 12.8. The van der Waals surface area contributed by atoms with Gasteiger partial charge in [0.15, 0.2) is 0 Å². The number of aromatic nitrogens is 4. The fourth-order valence-electron chi connectivity index (χ4n) is 2.40. The highest BCUT2D eigenvalue weighted by atomic mass is 15.3. The van der Waals surface area contributed by atoms with Crippen molar-refractivity contribution in [3.8, 4) is 6.07 Å². The summed E-state index contributed by atoms with van der Waals surface area (Å²) in [5, 5.41) is 15.9. The molecule has 0 unspecified atom stereocenters. The van der Waals surface area contributed by atoms with Gasteiger partial charge in [-0.3, -0.25) is 15.0 Å². The second kappa shape index (κ2) is 5.67. The summed E-state index contributed by atoms with van der Waals surface area (Å²) in [5.74, 6) is 0.887. The van der Waals surface area contributed by atoms with Gasteiger partial charge in [-0.2, -0.15) is 10.4 Å². The maximum atomic E-state index is 9.14. The topological polar surface area (TPSA) is 84.7 Å². The molecule has 0 saturated carbocycles. The molecule has 1 saturated heterocycles. The SMILES string of the molecule is N#Cc1ccncc1N1CCN(Cc2ncn[nH]2)CC1. The first-order chi connectivity index (χ1) is 9.86. The van der Waals surface area contributed by atoms with Crippen LogP contribution >= 0.6 is 0 Å². The molecule has 7 heteroatoms. The molecule has 0 aromatic carbocycles.